The van der Waals surface area contributed by atoms with Crippen molar-refractivity contribution in [3.63, 3.8) is 0 Å². The highest BCUT2D eigenvalue weighted by molar-refractivity contribution is 7.98. The van der Waals surface area contributed by atoms with Crippen molar-refractivity contribution >= 4 is 41.1 Å². The van der Waals surface area contributed by atoms with Gasteiger partial charge in [-0.05, 0) is 42.0 Å². The molecular formula is C25H20Cl2N4S. The first kappa shape index (κ1) is 22.2. The molecule has 160 valence electrons. The predicted molar refractivity (Wildman–Crippen MR) is 136 cm³/mol. The van der Waals surface area contributed by atoms with Gasteiger partial charge in [-0.3, -0.25) is 4.98 Å². The Morgan fingerprint density at radius 2 is 1.62 bits per heavy atom. The Hall–Kier alpha value is -2.99. The minimum absolute atomic E-state index is 0.347. The Balaban J connectivity index is 1.59. The van der Waals surface area contributed by atoms with Gasteiger partial charge >= 0.3 is 0 Å². The summed E-state index contributed by atoms with van der Waals surface area (Å²) < 4.78 is 4.32. The van der Waals surface area contributed by atoms with Crippen LogP contribution < -0.4 is 11.1 Å². The molecule has 3 aromatic carbocycles. The van der Waals surface area contributed by atoms with Crippen LogP contribution in [0.5, 0.6) is 0 Å². The SMILES string of the molecule is N/C(=N\Sc1ccccc1)NCc1cnc(-c2ccc(Cl)cc2)c(-c2ccccc2Cl)c1. The van der Waals surface area contributed by atoms with Gasteiger partial charge < -0.3 is 11.1 Å². The van der Waals surface area contributed by atoms with Gasteiger partial charge in [0.1, 0.15) is 0 Å². The molecule has 32 heavy (non-hydrogen) atoms. The third-order valence-electron chi connectivity index (χ3n) is 4.69. The second kappa shape index (κ2) is 10.6. The first-order valence-electron chi connectivity index (χ1n) is 9.89. The van der Waals surface area contributed by atoms with Crippen molar-refractivity contribution < 1.29 is 0 Å². The maximum atomic E-state index is 6.52. The minimum atomic E-state index is 0.347. The van der Waals surface area contributed by atoms with E-state index in [4.69, 9.17) is 33.9 Å². The van der Waals surface area contributed by atoms with Crippen molar-refractivity contribution in [2.75, 3.05) is 0 Å². The van der Waals surface area contributed by atoms with E-state index in [1.165, 1.54) is 11.9 Å². The van der Waals surface area contributed by atoms with Crippen LogP contribution in [0.15, 0.2) is 100 Å². The number of hydrogen-bond acceptors (Lipinski definition) is 3. The fourth-order valence-electron chi connectivity index (χ4n) is 3.14. The van der Waals surface area contributed by atoms with Crippen LogP contribution in [0.1, 0.15) is 5.56 Å². The normalized spacial score (nSPS) is 11.4. The number of hydrogen-bond donors (Lipinski definition) is 2. The maximum absolute atomic E-state index is 6.52. The highest BCUT2D eigenvalue weighted by Crippen LogP contribution is 2.35. The molecular weight excluding hydrogens is 459 g/mol. The van der Waals surface area contributed by atoms with E-state index in [0.717, 1.165) is 32.8 Å². The van der Waals surface area contributed by atoms with Gasteiger partial charge in [-0.2, -0.15) is 4.40 Å². The van der Waals surface area contributed by atoms with Crippen LogP contribution in [0.4, 0.5) is 0 Å². The van der Waals surface area contributed by atoms with E-state index in [1.807, 2.05) is 85.1 Å². The summed E-state index contributed by atoms with van der Waals surface area (Å²) in [4.78, 5) is 5.76. The van der Waals surface area contributed by atoms with E-state index in [1.54, 1.807) is 0 Å². The molecule has 0 saturated heterocycles. The quantitative estimate of drug-likeness (QED) is 0.181. The topological polar surface area (TPSA) is 63.3 Å². The molecule has 4 rings (SSSR count). The molecule has 0 aliphatic rings. The van der Waals surface area contributed by atoms with E-state index < -0.39 is 0 Å². The lowest BCUT2D eigenvalue weighted by Crippen LogP contribution is -2.30. The second-order valence-electron chi connectivity index (χ2n) is 6.96. The molecule has 0 aliphatic carbocycles. The molecule has 1 aromatic heterocycles. The Morgan fingerprint density at radius 3 is 2.38 bits per heavy atom. The van der Waals surface area contributed by atoms with Crippen molar-refractivity contribution in [3.8, 4) is 22.4 Å². The number of halogens is 2. The average Bonchev–Trinajstić information content (AvgIpc) is 2.83. The largest absolute Gasteiger partial charge is 0.369 e. The van der Waals surface area contributed by atoms with Crippen LogP contribution in [0.25, 0.3) is 22.4 Å². The molecule has 4 aromatic rings. The first-order valence-corrected chi connectivity index (χ1v) is 11.4. The van der Waals surface area contributed by atoms with Gasteiger partial charge in [0.2, 0.25) is 5.96 Å². The van der Waals surface area contributed by atoms with Crippen LogP contribution in [0, 0.1) is 0 Å². The zero-order valence-corrected chi connectivity index (χ0v) is 19.3. The molecule has 3 N–H and O–H groups in total. The zero-order valence-electron chi connectivity index (χ0n) is 17.0. The third kappa shape index (κ3) is 5.62. The van der Waals surface area contributed by atoms with E-state index in [0.29, 0.717) is 22.5 Å². The highest BCUT2D eigenvalue weighted by Gasteiger charge is 2.13. The Morgan fingerprint density at radius 1 is 0.906 bits per heavy atom. The zero-order chi connectivity index (χ0) is 22.3. The number of pyridine rings is 1. The number of nitrogens with one attached hydrogen (secondary N) is 1. The molecule has 0 spiro atoms. The molecule has 0 fully saturated rings. The molecule has 0 unspecified atom stereocenters. The van der Waals surface area contributed by atoms with Gasteiger partial charge in [0, 0.05) is 56.3 Å². The standard InChI is InChI=1S/C25H20Cl2N4S/c26-19-12-10-18(11-13-19)24-22(21-8-4-5-9-23(21)27)14-17(15-29-24)16-30-25(28)31-32-20-6-2-1-3-7-20/h1-15H,16H2,(H3,28,30,31). The summed E-state index contributed by atoms with van der Waals surface area (Å²) >= 11 is 13.9. The summed E-state index contributed by atoms with van der Waals surface area (Å²) in [6, 6.07) is 27.3. The summed E-state index contributed by atoms with van der Waals surface area (Å²) in [6.07, 6.45) is 1.83. The van der Waals surface area contributed by atoms with Crippen LogP contribution in [-0.2, 0) is 6.54 Å². The van der Waals surface area contributed by atoms with E-state index in [-0.39, 0.29) is 0 Å². The second-order valence-corrected chi connectivity index (χ2v) is 8.64. The van der Waals surface area contributed by atoms with Gasteiger partial charge in [0.05, 0.1) is 5.69 Å². The van der Waals surface area contributed by atoms with Gasteiger partial charge in [-0.15, -0.1) is 0 Å². The number of benzene rings is 3. The van der Waals surface area contributed by atoms with E-state index in [2.05, 4.69) is 15.8 Å². The van der Waals surface area contributed by atoms with Gasteiger partial charge in [0.15, 0.2) is 0 Å². The Labute approximate surface area is 201 Å². The summed E-state index contributed by atoms with van der Waals surface area (Å²) in [5.74, 6) is 0.347. The third-order valence-corrected chi connectivity index (χ3v) is 6.04. The predicted octanol–water partition coefficient (Wildman–Crippen LogP) is 6.83. The van der Waals surface area contributed by atoms with Crippen molar-refractivity contribution in [2.45, 2.75) is 11.4 Å². The molecule has 0 amide bonds. The summed E-state index contributed by atoms with van der Waals surface area (Å²) in [7, 11) is 0. The lowest BCUT2D eigenvalue weighted by atomic mass is 9.98. The summed E-state index contributed by atoms with van der Waals surface area (Å²) in [6.45, 7) is 0.482. The molecule has 1 heterocycles. The molecule has 0 bridgehead atoms. The first-order chi connectivity index (χ1) is 15.6. The van der Waals surface area contributed by atoms with Crippen LogP contribution in [-0.4, -0.2) is 10.9 Å². The smallest absolute Gasteiger partial charge is 0.201 e. The van der Waals surface area contributed by atoms with Crippen LogP contribution in [0.3, 0.4) is 0 Å². The molecule has 0 saturated carbocycles. The van der Waals surface area contributed by atoms with Crippen molar-refractivity contribution in [3.05, 3.63) is 107 Å². The molecule has 0 radical (unpaired) electrons. The monoisotopic (exact) mass is 478 g/mol. The number of rotatable bonds is 6. The minimum Gasteiger partial charge on any atom is -0.369 e. The summed E-state index contributed by atoms with van der Waals surface area (Å²) in [5.41, 5.74) is 10.6. The molecule has 0 atom stereocenters. The molecule has 7 heteroatoms. The Bertz CT molecular complexity index is 1230. The summed E-state index contributed by atoms with van der Waals surface area (Å²) in [5, 5.41) is 4.49. The number of guanidine groups is 1. The fourth-order valence-corrected chi connectivity index (χ4v) is 4.05. The van der Waals surface area contributed by atoms with Crippen LogP contribution >= 0.6 is 35.1 Å². The van der Waals surface area contributed by atoms with Crippen molar-refractivity contribution in [2.24, 2.45) is 10.1 Å². The number of nitrogens with zero attached hydrogens (tertiary/aromatic N) is 2. The maximum Gasteiger partial charge on any atom is 0.201 e. The van der Waals surface area contributed by atoms with Gasteiger partial charge in [-0.1, -0.05) is 71.7 Å². The van der Waals surface area contributed by atoms with Crippen molar-refractivity contribution in [1.29, 1.82) is 0 Å². The number of nitrogens with two attached hydrogens (primary N) is 1. The fraction of sp³-hybridized carbons (Fsp3) is 0.0400. The number of aromatic nitrogens is 1. The van der Waals surface area contributed by atoms with Crippen LogP contribution in [0.2, 0.25) is 10.0 Å². The lowest BCUT2D eigenvalue weighted by molar-refractivity contribution is 0.900. The van der Waals surface area contributed by atoms with E-state index >= 15 is 0 Å². The van der Waals surface area contributed by atoms with Gasteiger partial charge in [0.25, 0.3) is 0 Å². The molecule has 4 nitrogen and oxygen atoms in total. The van der Waals surface area contributed by atoms with Gasteiger partial charge in [-0.25, -0.2) is 0 Å². The molecule has 0 aliphatic heterocycles. The lowest BCUT2D eigenvalue weighted by Gasteiger charge is -2.13. The van der Waals surface area contributed by atoms with Crippen molar-refractivity contribution in [1.82, 2.24) is 10.3 Å². The Kier molecular flexibility index (Phi) is 7.32. The van der Waals surface area contributed by atoms with E-state index in [9.17, 15) is 0 Å². The highest BCUT2D eigenvalue weighted by atomic mass is 35.5. The average molecular weight is 479 g/mol.